The SMILES string of the molecule is Cc1ccc(CSc2nnc(COc3ccc(C(C)(C)C)cc3)n2C)cc1. The molecule has 0 atom stereocenters. The monoisotopic (exact) mass is 381 g/mol. The van der Waals surface area contributed by atoms with Crippen LogP contribution in [0, 0.1) is 6.92 Å². The second-order valence-corrected chi connectivity index (χ2v) is 8.74. The van der Waals surface area contributed by atoms with Gasteiger partial charge in [0.05, 0.1) is 0 Å². The summed E-state index contributed by atoms with van der Waals surface area (Å²) in [5.41, 5.74) is 4.00. The van der Waals surface area contributed by atoms with Crippen molar-refractivity contribution in [3.8, 4) is 5.75 Å². The summed E-state index contributed by atoms with van der Waals surface area (Å²) in [7, 11) is 1.98. The highest BCUT2D eigenvalue weighted by Gasteiger charge is 2.14. The summed E-state index contributed by atoms with van der Waals surface area (Å²) < 4.78 is 7.90. The van der Waals surface area contributed by atoms with Crippen molar-refractivity contribution in [2.24, 2.45) is 7.05 Å². The van der Waals surface area contributed by atoms with Gasteiger partial charge in [-0.1, -0.05) is 74.5 Å². The smallest absolute Gasteiger partial charge is 0.191 e. The third kappa shape index (κ3) is 5.13. The van der Waals surface area contributed by atoms with Gasteiger partial charge in [-0.2, -0.15) is 0 Å². The molecule has 5 heteroatoms. The molecular weight excluding hydrogens is 354 g/mol. The van der Waals surface area contributed by atoms with Crippen LogP contribution >= 0.6 is 11.8 Å². The molecule has 142 valence electrons. The van der Waals surface area contributed by atoms with Gasteiger partial charge in [0.1, 0.15) is 12.4 Å². The van der Waals surface area contributed by atoms with Gasteiger partial charge < -0.3 is 9.30 Å². The summed E-state index contributed by atoms with van der Waals surface area (Å²) >= 11 is 1.69. The van der Waals surface area contributed by atoms with Gasteiger partial charge in [0.25, 0.3) is 0 Å². The van der Waals surface area contributed by atoms with E-state index in [1.165, 1.54) is 16.7 Å². The zero-order chi connectivity index (χ0) is 19.4. The maximum Gasteiger partial charge on any atom is 0.191 e. The van der Waals surface area contributed by atoms with E-state index in [-0.39, 0.29) is 5.41 Å². The molecule has 0 bridgehead atoms. The molecule has 1 aromatic heterocycles. The average Bonchev–Trinajstić information content (AvgIpc) is 2.99. The van der Waals surface area contributed by atoms with Crippen molar-refractivity contribution >= 4 is 11.8 Å². The Labute approximate surface area is 166 Å². The molecule has 3 rings (SSSR count). The Morgan fingerprint density at radius 3 is 2.26 bits per heavy atom. The number of aromatic nitrogens is 3. The fourth-order valence-corrected chi connectivity index (χ4v) is 3.51. The molecule has 27 heavy (non-hydrogen) atoms. The Hall–Kier alpha value is -2.27. The minimum atomic E-state index is 0.145. The van der Waals surface area contributed by atoms with Crippen LogP contribution in [0.2, 0.25) is 0 Å². The largest absolute Gasteiger partial charge is 0.486 e. The lowest BCUT2D eigenvalue weighted by Gasteiger charge is -2.19. The van der Waals surface area contributed by atoms with Crippen molar-refractivity contribution in [1.82, 2.24) is 14.8 Å². The minimum absolute atomic E-state index is 0.145. The molecule has 0 aliphatic carbocycles. The molecular formula is C22H27N3OS. The average molecular weight is 382 g/mol. The van der Waals surface area contributed by atoms with Crippen LogP contribution in [0.25, 0.3) is 0 Å². The molecule has 0 aliphatic rings. The standard InChI is InChI=1S/C22H27N3OS/c1-16-6-8-17(9-7-16)15-27-21-24-23-20(25(21)5)14-26-19-12-10-18(11-13-19)22(2,3)4/h6-13H,14-15H2,1-5H3. The topological polar surface area (TPSA) is 39.9 Å². The van der Waals surface area contributed by atoms with Crippen LogP contribution in [0.4, 0.5) is 0 Å². The van der Waals surface area contributed by atoms with Crippen molar-refractivity contribution in [2.45, 2.75) is 50.6 Å². The van der Waals surface area contributed by atoms with Crippen molar-refractivity contribution in [1.29, 1.82) is 0 Å². The number of thioether (sulfide) groups is 1. The van der Waals surface area contributed by atoms with Gasteiger partial charge in [0.15, 0.2) is 11.0 Å². The van der Waals surface area contributed by atoms with Crippen molar-refractivity contribution < 1.29 is 4.74 Å². The summed E-state index contributed by atoms with van der Waals surface area (Å²) in [4.78, 5) is 0. The van der Waals surface area contributed by atoms with Gasteiger partial charge in [-0.3, -0.25) is 0 Å². The van der Waals surface area contributed by atoms with Crippen LogP contribution < -0.4 is 4.74 Å². The number of hydrogen-bond donors (Lipinski definition) is 0. The number of aryl methyl sites for hydroxylation is 1. The van der Waals surface area contributed by atoms with E-state index < -0.39 is 0 Å². The Morgan fingerprint density at radius 1 is 0.963 bits per heavy atom. The van der Waals surface area contributed by atoms with E-state index in [0.29, 0.717) is 6.61 Å². The van der Waals surface area contributed by atoms with Crippen LogP contribution in [0.1, 0.15) is 43.3 Å². The van der Waals surface area contributed by atoms with E-state index >= 15 is 0 Å². The van der Waals surface area contributed by atoms with Crippen molar-refractivity contribution in [3.63, 3.8) is 0 Å². The molecule has 3 aromatic rings. The predicted molar refractivity (Wildman–Crippen MR) is 111 cm³/mol. The lowest BCUT2D eigenvalue weighted by atomic mass is 9.87. The maximum atomic E-state index is 5.90. The molecule has 0 fully saturated rings. The first-order valence-electron chi connectivity index (χ1n) is 9.13. The minimum Gasteiger partial charge on any atom is -0.486 e. The molecule has 2 aromatic carbocycles. The fraction of sp³-hybridized carbons (Fsp3) is 0.364. The predicted octanol–water partition coefficient (Wildman–Crippen LogP) is 5.29. The molecule has 0 saturated carbocycles. The Kier molecular flexibility index (Phi) is 5.90. The first kappa shape index (κ1) is 19.5. The number of benzene rings is 2. The molecule has 1 heterocycles. The maximum absolute atomic E-state index is 5.90. The zero-order valence-electron chi connectivity index (χ0n) is 16.7. The van der Waals surface area contributed by atoms with Gasteiger partial charge in [-0.15, -0.1) is 10.2 Å². The van der Waals surface area contributed by atoms with E-state index in [2.05, 4.69) is 74.3 Å². The van der Waals surface area contributed by atoms with E-state index in [4.69, 9.17) is 4.74 Å². The Morgan fingerprint density at radius 2 is 1.63 bits per heavy atom. The van der Waals surface area contributed by atoms with Crippen molar-refractivity contribution in [2.75, 3.05) is 0 Å². The fourth-order valence-electron chi connectivity index (χ4n) is 2.63. The zero-order valence-corrected chi connectivity index (χ0v) is 17.5. The molecule has 0 unspecified atom stereocenters. The summed E-state index contributed by atoms with van der Waals surface area (Å²) in [5, 5.41) is 9.48. The van der Waals surface area contributed by atoms with Gasteiger partial charge in [0.2, 0.25) is 0 Å². The summed E-state index contributed by atoms with van der Waals surface area (Å²) in [6.07, 6.45) is 0. The van der Waals surface area contributed by atoms with Crippen LogP contribution in [-0.2, 0) is 24.8 Å². The summed E-state index contributed by atoms with van der Waals surface area (Å²) in [6, 6.07) is 16.9. The van der Waals surface area contributed by atoms with E-state index in [1.54, 1.807) is 11.8 Å². The van der Waals surface area contributed by atoms with E-state index in [1.807, 2.05) is 23.7 Å². The van der Waals surface area contributed by atoms with E-state index in [0.717, 1.165) is 22.5 Å². The number of rotatable bonds is 6. The number of ether oxygens (including phenoxy) is 1. The normalized spacial score (nSPS) is 11.6. The highest BCUT2D eigenvalue weighted by Crippen LogP contribution is 2.25. The second kappa shape index (κ2) is 8.17. The summed E-state index contributed by atoms with van der Waals surface area (Å²) in [6.45, 7) is 9.13. The molecule has 0 N–H and O–H groups in total. The highest BCUT2D eigenvalue weighted by molar-refractivity contribution is 7.98. The molecule has 0 saturated heterocycles. The molecule has 0 amide bonds. The molecule has 0 radical (unpaired) electrons. The van der Waals surface area contributed by atoms with Gasteiger partial charge in [-0.25, -0.2) is 0 Å². The molecule has 0 aliphatic heterocycles. The molecule has 0 spiro atoms. The Balaban J connectivity index is 1.57. The van der Waals surface area contributed by atoms with Crippen molar-refractivity contribution in [3.05, 3.63) is 71.0 Å². The van der Waals surface area contributed by atoms with Gasteiger partial charge >= 0.3 is 0 Å². The first-order chi connectivity index (χ1) is 12.8. The number of nitrogens with zero attached hydrogens (tertiary/aromatic N) is 3. The first-order valence-corrected chi connectivity index (χ1v) is 10.1. The van der Waals surface area contributed by atoms with Crippen LogP contribution in [0.5, 0.6) is 5.75 Å². The highest BCUT2D eigenvalue weighted by atomic mass is 32.2. The third-order valence-corrected chi connectivity index (χ3v) is 5.59. The lowest BCUT2D eigenvalue weighted by Crippen LogP contribution is -2.10. The van der Waals surface area contributed by atoms with E-state index in [9.17, 15) is 0 Å². The van der Waals surface area contributed by atoms with Gasteiger partial charge in [-0.05, 0) is 35.6 Å². The van der Waals surface area contributed by atoms with Crippen LogP contribution in [-0.4, -0.2) is 14.8 Å². The summed E-state index contributed by atoms with van der Waals surface area (Å²) in [5.74, 6) is 2.54. The quantitative estimate of drug-likeness (QED) is 0.544. The van der Waals surface area contributed by atoms with Crippen LogP contribution in [0.3, 0.4) is 0 Å². The molecule has 4 nitrogen and oxygen atoms in total. The third-order valence-electron chi connectivity index (χ3n) is 4.50. The van der Waals surface area contributed by atoms with Crippen LogP contribution in [0.15, 0.2) is 53.7 Å². The van der Waals surface area contributed by atoms with Gasteiger partial charge in [0, 0.05) is 12.8 Å². The Bertz CT molecular complexity index is 877. The lowest BCUT2D eigenvalue weighted by molar-refractivity contribution is 0.290. The second-order valence-electron chi connectivity index (χ2n) is 7.80. The number of hydrogen-bond acceptors (Lipinski definition) is 4.